The molecule has 7 heteroatoms. The van der Waals surface area contributed by atoms with Crippen LogP contribution in [0.1, 0.15) is 133 Å². The van der Waals surface area contributed by atoms with Crippen molar-refractivity contribution in [1.82, 2.24) is 4.57 Å². The molecule has 272 valence electrons. The second-order valence-electron chi connectivity index (χ2n) is 18.3. The molecule has 2 aromatic rings. The first-order valence-corrected chi connectivity index (χ1v) is 19.1. The summed E-state index contributed by atoms with van der Waals surface area (Å²) >= 11 is 0. The van der Waals surface area contributed by atoms with Crippen molar-refractivity contribution in [3.05, 3.63) is 76.5 Å². The zero-order chi connectivity index (χ0) is 36.8. The van der Waals surface area contributed by atoms with E-state index in [0.29, 0.717) is 24.5 Å². The highest BCUT2D eigenvalue weighted by atomic mass is 16.5. The van der Waals surface area contributed by atoms with Crippen molar-refractivity contribution in [3.8, 4) is 0 Å². The normalized spacial score (nSPS) is 38.4. The van der Waals surface area contributed by atoms with Gasteiger partial charge in [0.2, 0.25) is 0 Å². The molecule has 2 fully saturated rings. The number of carbonyl (C=O) groups is 2. The van der Waals surface area contributed by atoms with Crippen molar-refractivity contribution in [3.63, 3.8) is 0 Å². The second-order valence-corrected chi connectivity index (χ2v) is 18.3. The van der Waals surface area contributed by atoms with Crippen LogP contribution in [0.3, 0.4) is 0 Å². The van der Waals surface area contributed by atoms with Crippen LogP contribution >= 0.6 is 0 Å². The van der Waals surface area contributed by atoms with Gasteiger partial charge >= 0.3 is 5.97 Å². The van der Waals surface area contributed by atoms with Crippen molar-refractivity contribution in [2.24, 2.45) is 28.6 Å². The summed E-state index contributed by atoms with van der Waals surface area (Å²) in [6.07, 6.45) is 12.5. The quantitative estimate of drug-likeness (QED) is 0.142. The summed E-state index contributed by atoms with van der Waals surface area (Å²) in [5.74, 6) is -0.0539. The minimum atomic E-state index is -0.854. The lowest BCUT2D eigenvalue weighted by Crippen LogP contribution is -2.62. The van der Waals surface area contributed by atoms with E-state index in [9.17, 15) is 19.8 Å². The smallest absolute Gasteiger partial charge is 0.330 e. The molecule has 2 N–H and O–H groups in total. The van der Waals surface area contributed by atoms with E-state index in [4.69, 9.17) is 9.47 Å². The highest BCUT2D eigenvalue weighted by molar-refractivity contribution is 6.18. The number of benzene rings is 1. The zero-order valence-electron chi connectivity index (χ0n) is 31.9. The van der Waals surface area contributed by atoms with Gasteiger partial charge in [0.05, 0.1) is 41.1 Å². The second kappa shape index (κ2) is 10.9. The van der Waals surface area contributed by atoms with Crippen molar-refractivity contribution in [2.75, 3.05) is 6.61 Å². The molecule has 7 nitrogen and oxygen atoms in total. The number of ketones is 1. The average Bonchev–Trinajstić information content (AvgIpc) is 3.70. The fourth-order valence-corrected chi connectivity index (χ4v) is 12.7. The lowest BCUT2D eigenvalue weighted by atomic mass is 9.40. The third kappa shape index (κ3) is 4.34. The SMILES string of the molecule is C=C(C)[C@H]1C(=O)c2c3c(cc4c5c(n1c24)[C@@]1(C)[C@@H](CC[C@H]2[C@](C)(/C=C/C=C/C(=O)OCC)[C@@H](O)CC[C@@]21C)C5)C1=CC(C)(C)OC(C)(C)[C@H]1[C@@H]3O. The molecule has 0 saturated heterocycles. The Hall–Kier alpha value is -3.26. The lowest BCUT2D eigenvalue weighted by molar-refractivity contribution is -0.144. The van der Waals surface area contributed by atoms with Crippen LogP contribution in [0.25, 0.3) is 16.5 Å². The van der Waals surface area contributed by atoms with Gasteiger partial charge in [0.1, 0.15) is 6.04 Å². The van der Waals surface area contributed by atoms with Crippen LogP contribution < -0.4 is 0 Å². The third-order valence-electron chi connectivity index (χ3n) is 14.7. The maximum absolute atomic E-state index is 14.9. The molecule has 3 heterocycles. The molecule has 4 aliphatic carbocycles. The molecule has 9 atom stereocenters. The van der Waals surface area contributed by atoms with Gasteiger partial charge in [-0.1, -0.05) is 51.2 Å². The Bertz CT molecular complexity index is 2010. The first-order valence-electron chi connectivity index (χ1n) is 19.1. The number of rotatable bonds is 5. The topological polar surface area (TPSA) is 98.0 Å². The van der Waals surface area contributed by atoms with Gasteiger partial charge in [0.25, 0.3) is 0 Å². The number of nitrogens with zero attached hydrogens (tertiary/aromatic N) is 1. The van der Waals surface area contributed by atoms with Crippen LogP contribution in [0.15, 0.2) is 48.6 Å². The minimum Gasteiger partial charge on any atom is -0.463 e. The first-order chi connectivity index (χ1) is 23.8. The predicted octanol–water partition coefficient (Wildman–Crippen LogP) is 8.27. The van der Waals surface area contributed by atoms with Gasteiger partial charge in [-0.2, -0.15) is 0 Å². The van der Waals surface area contributed by atoms with E-state index in [0.717, 1.165) is 58.9 Å². The molecule has 0 amide bonds. The van der Waals surface area contributed by atoms with E-state index in [-0.39, 0.29) is 34.4 Å². The van der Waals surface area contributed by atoms with Crippen LogP contribution in [0.4, 0.5) is 0 Å². The van der Waals surface area contributed by atoms with Gasteiger partial charge in [-0.15, -0.1) is 0 Å². The Morgan fingerprint density at radius 1 is 1.10 bits per heavy atom. The first kappa shape index (κ1) is 34.8. The maximum Gasteiger partial charge on any atom is 0.330 e. The average molecular weight is 694 g/mol. The number of carbonyl (C=O) groups excluding carboxylic acids is 2. The number of esters is 1. The largest absolute Gasteiger partial charge is 0.463 e. The fourth-order valence-electron chi connectivity index (χ4n) is 12.7. The molecule has 2 aliphatic heterocycles. The Labute approximate surface area is 302 Å². The van der Waals surface area contributed by atoms with Crippen LogP contribution in [0.5, 0.6) is 0 Å². The van der Waals surface area contributed by atoms with E-state index in [1.54, 1.807) is 13.0 Å². The van der Waals surface area contributed by atoms with Crippen molar-refractivity contribution in [2.45, 2.75) is 129 Å². The number of aromatic nitrogens is 1. The molecule has 51 heavy (non-hydrogen) atoms. The van der Waals surface area contributed by atoms with Crippen molar-refractivity contribution < 1.29 is 29.3 Å². The number of aliphatic hydroxyl groups is 2. The molecular formula is C44H55NO6. The molecule has 2 saturated carbocycles. The van der Waals surface area contributed by atoms with E-state index < -0.39 is 34.9 Å². The Kier molecular flexibility index (Phi) is 7.44. The molecule has 8 rings (SSSR count). The van der Waals surface area contributed by atoms with E-state index in [1.165, 1.54) is 17.3 Å². The van der Waals surface area contributed by atoms with Crippen molar-refractivity contribution >= 4 is 28.2 Å². The van der Waals surface area contributed by atoms with Crippen LogP contribution in [0.2, 0.25) is 0 Å². The summed E-state index contributed by atoms with van der Waals surface area (Å²) in [5, 5.41) is 25.0. The van der Waals surface area contributed by atoms with Gasteiger partial charge in [0, 0.05) is 39.5 Å². The zero-order valence-corrected chi connectivity index (χ0v) is 31.9. The number of allylic oxidation sites excluding steroid dienone is 3. The van der Waals surface area contributed by atoms with Crippen LogP contribution in [-0.2, 0) is 26.1 Å². The van der Waals surface area contributed by atoms with Crippen LogP contribution in [0, 0.1) is 28.6 Å². The number of aliphatic hydroxyl groups excluding tert-OH is 2. The number of Topliss-reactive ketones (excluding diaryl/α,β-unsaturated/α-hetero) is 1. The van der Waals surface area contributed by atoms with Gasteiger partial charge in [-0.25, -0.2) is 4.79 Å². The summed E-state index contributed by atoms with van der Waals surface area (Å²) in [6, 6.07) is 1.77. The monoisotopic (exact) mass is 693 g/mol. The fraction of sp³-hybridized carbons (Fsp3) is 0.591. The third-order valence-corrected chi connectivity index (χ3v) is 14.7. The van der Waals surface area contributed by atoms with Gasteiger partial charge in [-0.05, 0) is 120 Å². The van der Waals surface area contributed by atoms with Gasteiger partial charge < -0.3 is 24.3 Å². The molecule has 0 bridgehead atoms. The Morgan fingerprint density at radius 3 is 2.51 bits per heavy atom. The molecule has 6 aliphatic rings. The summed E-state index contributed by atoms with van der Waals surface area (Å²) in [6.45, 7) is 23.8. The molecule has 1 aromatic carbocycles. The molecule has 1 aromatic heterocycles. The Morgan fingerprint density at radius 2 is 1.82 bits per heavy atom. The highest BCUT2D eigenvalue weighted by Crippen LogP contribution is 2.71. The lowest BCUT2D eigenvalue weighted by Gasteiger charge is -2.64. The van der Waals surface area contributed by atoms with Gasteiger partial charge in [0.15, 0.2) is 5.78 Å². The molecule has 0 unspecified atom stereocenters. The van der Waals surface area contributed by atoms with Crippen LogP contribution in [-0.4, -0.2) is 50.4 Å². The van der Waals surface area contributed by atoms with Crippen molar-refractivity contribution in [1.29, 1.82) is 0 Å². The van der Waals surface area contributed by atoms with Gasteiger partial charge in [-0.3, -0.25) is 4.79 Å². The maximum atomic E-state index is 14.9. The summed E-state index contributed by atoms with van der Waals surface area (Å²) in [5.41, 5.74) is 5.75. The predicted molar refractivity (Wildman–Crippen MR) is 199 cm³/mol. The van der Waals surface area contributed by atoms with E-state index >= 15 is 0 Å². The number of ether oxygens (including phenoxy) is 2. The number of hydrogen-bond donors (Lipinski definition) is 2. The number of fused-ring (bicyclic) bond motifs is 11. The molecule has 0 spiro atoms. The summed E-state index contributed by atoms with van der Waals surface area (Å²) < 4.78 is 14.0. The number of hydrogen-bond acceptors (Lipinski definition) is 6. The molecular weight excluding hydrogens is 638 g/mol. The highest BCUT2D eigenvalue weighted by Gasteiger charge is 2.67. The summed E-state index contributed by atoms with van der Waals surface area (Å²) in [4.78, 5) is 26.9. The molecule has 0 radical (unpaired) electrons. The Balaban J connectivity index is 1.33. The van der Waals surface area contributed by atoms with E-state index in [2.05, 4.69) is 77.8 Å². The summed E-state index contributed by atoms with van der Waals surface area (Å²) in [7, 11) is 0. The minimum absolute atomic E-state index is 0.0308. The standard InChI is InChI=1S/C44H55NO6/c1-11-50-31(47)14-12-13-18-42(8)29-16-15-24-20-27-26-21-25-28-22-40(4,5)51-41(6,7)34(28)37(48)32(25)33-36(26)45(35(23(2)3)38(33)49)39(27)44(24,10)43(29,9)19-17-30(42)46/h12-14,18,21-22,24,29-30,34-35,37,46,48H,2,11,15-17,19-20H2,1,3-10H3/b14-12+,18-13+/t24-,29-,30-,34+,35-,37+,42-,43-,44+/m0/s1. The van der Waals surface area contributed by atoms with E-state index in [1.807, 2.05) is 13.0 Å².